The second-order valence-corrected chi connectivity index (χ2v) is 10.7. The standard InChI is InChI=1S/C16H17Cl2N3O4S2/c1-9(15(22)19-13-7-11(17)2-3-12(13)18)26-16-21-20-14(25-16)6-10-4-5-27(23,24)8-10/h2-3,7,9-10H,4-6,8H2,1H3,(H,19,22)/t9-,10+/m0/s1. The van der Waals surface area contributed by atoms with E-state index < -0.39 is 15.1 Å². The van der Waals surface area contributed by atoms with E-state index in [1.807, 2.05) is 0 Å². The van der Waals surface area contributed by atoms with Crippen molar-refractivity contribution < 1.29 is 17.6 Å². The van der Waals surface area contributed by atoms with Crippen LogP contribution >= 0.6 is 35.0 Å². The molecule has 7 nitrogen and oxygen atoms in total. The second kappa shape index (κ2) is 8.38. The van der Waals surface area contributed by atoms with E-state index >= 15 is 0 Å². The molecule has 0 aliphatic carbocycles. The predicted molar refractivity (Wildman–Crippen MR) is 105 cm³/mol. The minimum Gasteiger partial charge on any atom is -0.416 e. The van der Waals surface area contributed by atoms with E-state index in [4.69, 9.17) is 27.6 Å². The van der Waals surface area contributed by atoms with Gasteiger partial charge >= 0.3 is 0 Å². The Bertz CT molecular complexity index is 949. The Morgan fingerprint density at radius 3 is 2.89 bits per heavy atom. The number of benzene rings is 1. The van der Waals surface area contributed by atoms with Crippen LogP contribution in [0.3, 0.4) is 0 Å². The highest BCUT2D eigenvalue weighted by atomic mass is 35.5. The molecule has 3 rings (SSSR count). The molecule has 0 saturated carbocycles. The molecule has 146 valence electrons. The lowest BCUT2D eigenvalue weighted by Gasteiger charge is -2.11. The van der Waals surface area contributed by atoms with Crippen LogP contribution in [-0.4, -0.2) is 41.3 Å². The van der Waals surface area contributed by atoms with Crippen LogP contribution in [0.25, 0.3) is 0 Å². The zero-order valence-corrected chi connectivity index (χ0v) is 17.5. The third kappa shape index (κ3) is 5.60. The molecule has 1 aromatic heterocycles. The van der Waals surface area contributed by atoms with Crippen molar-refractivity contribution in [2.24, 2.45) is 5.92 Å². The molecule has 2 aromatic rings. The van der Waals surface area contributed by atoms with E-state index in [1.165, 1.54) is 0 Å². The predicted octanol–water partition coefficient (Wildman–Crippen LogP) is 3.47. The molecule has 1 aliphatic rings. The van der Waals surface area contributed by atoms with Crippen molar-refractivity contribution in [2.45, 2.75) is 30.2 Å². The summed E-state index contributed by atoms with van der Waals surface area (Å²) in [5.74, 6) is 0.447. The van der Waals surface area contributed by atoms with E-state index in [2.05, 4.69) is 15.5 Å². The maximum absolute atomic E-state index is 12.3. The normalized spacial score (nSPS) is 19.7. The Hall–Kier alpha value is -1.29. The van der Waals surface area contributed by atoms with Gasteiger partial charge in [0.25, 0.3) is 5.22 Å². The summed E-state index contributed by atoms with van der Waals surface area (Å²) < 4.78 is 28.6. The maximum Gasteiger partial charge on any atom is 0.277 e. The number of aromatic nitrogens is 2. The lowest BCUT2D eigenvalue weighted by molar-refractivity contribution is -0.115. The summed E-state index contributed by atoms with van der Waals surface area (Å²) in [6, 6.07) is 4.80. The highest BCUT2D eigenvalue weighted by Crippen LogP contribution is 2.29. The summed E-state index contributed by atoms with van der Waals surface area (Å²) in [5.41, 5.74) is 0.426. The number of carbonyl (C=O) groups excluding carboxylic acids is 1. The van der Waals surface area contributed by atoms with Gasteiger partial charge in [-0.2, -0.15) is 0 Å². The molecule has 27 heavy (non-hydrogen) atoms. The lowest BCUT2D eigenvalue weighted by atomic mass is 10.1. The molecule has 0 spiro atoms. The van der Waals surface area contributed by atoms with Gasteiger partial charge in [-0.25, -0.2) is 8.42 Å². The first-order valence-corrected chi connectivity index (χ1v) is 11.6. The number of hydrogen-bond acceptors (Lipinski definition) is 7. The number of rotatable bonds is 6. The van der Waals surface area contributed by atoms with E-state index in [1.54, 1.807) is 25.1 Å². The van der Waals surface area contributed by atoms with Gasteiger partial charge in [-0.1, -0.05) is 35.0 Å². The Labute approximate surface area is 171 Å². The van der Waals surface area contributed by atoms with Gasteiger partial charge in [-0.05, 0) is 37.5 Å². The van der Waals surface area contributed by atoms with Crippen LogP contribution in [0, 0.1) is 5.92 Å². The third-order valence-corrected chi connectivity index (χ3v) is 7.41. The molecule has 0 unspecified atom stereocenters. The van der Waals surface area contributed by atoms with Crippen LogP contribution in [-0.2, 0) is 21.1 Å². The Balaban J connectivity index is 1.56. The Kier molecular flexibility index (Phi) is 6.35. The fourth-order valence-corrected chi connectivity index (χ4v) is 5.58. The first kappa shape index (κ1) is 20.4. The number of hydrogen-bond donors (Lipinski definition) is 1. The van der Waals surface area contributed by atoms with Crippen molar-refractivity contribution in [3.05, 3.63) is 34.1 Å². The summed E-state index contributed by atoms with van der Waals surface area (Å²) in [6.45, 7) is 1.70. The quantitative estimate of drug-likeness (QED) is 0.673. The van der Waals surface area contributed by atoms with Crippen molar-refractivity contribution >= 4 is 56.4 Å². The zero-order chi connectivity index (χ0) is 19.6. The van der Waals surface area contributed by atoms with Gasteiger partial charge in [0.2, 0.25) is 11.8 Å². The van der Waals surface area contributed by atoms with Crippen molar-refractivity contribution in [3.8, 4) is 0 Å². The molecule has 0 radical (unpaired) electrons. The number of anilines is 1. The summed E-state index contributed by atoms with van der Waals surface area (Å²) >= 11 is 13.1. The first-order chi connectivity index (χ1) is 12.7. The topological polar surface area (TPSA) is 102 Å². The van der Waals surface area contributed by atoms with E-state index in [9.17, 15) is 13.2 Å². The number of sulfone groups is 1. The van der Waals surface area contributed by atoms with Crippen LogP contribution in [0.15, 0.2) is 27.8 Å². The molecule has 1 aromatic carbocycles. The fourth-order valence-electron chi connectivity index (χ4n) is 2.68. The van der Waals surface area contributed by atoms with Crippen molar-refractivity contribution in [3.63, 3.8) is 0 Å². The molecule has 2 heterocycles. The monoisotopic (exact) mass is 449 g/mol. The van der Waals surface area contributed by atoms with Crippen molar-refractivity contribution in [2.75, 3.05) is 16.8 Å². The molecular formula is C16H17Cl2N3O4S2. The Morgan fingerprint density at radius 1 is 1.41 bits per heavy atom. The van der Waals surface area contributed by atoms with Crippen LogP contribution in [0.5, 0.6) is 0 Å². The molecule has 1 N–H and O–H groups in total. The molecule has 11 heteroatoms. The third-order valence-electron chi connectivity index (χ3n) is 4.07. The fraction of sp³-hybridized carbons (Fsp3) is 0.438. The smallest absolute Gasteiger partial charge is 0.277 e. The largest absolute Gasteiger partial charge is 0.416 e. The highest BCUT2D eigenvalue weighted by molar-refractivity contribution is 8.00. The minimum absolute atomic E-state index is 0.000932. The Morgan fingerprint density at radius 2 is 2.19 bits per heavy atom. The van der Waals surface area contributed by atoms with Gasteiger partial charge in [-0.3, -0.25) is 4.79 Å². The van der Waals surface area contributed by atoms with Crippen LogP contribution in [0.1, 0.15) is 19.2 Å². The SMILES string of the molecule is C[C@H](Sc1nnc(C[C@H]2CCS(=O)(=O)C2)o1)C(=O)Nc1cc(Cl)ccc1Cl. The number of halogens is 2. The van der Waals surface area contributed by atoms with Gasteiger partial charge in [0.15, 0.2) is 9.84 Å². The average Bonchev–Trinajstić information content (AvgIpc) is 3.17. The van der Waals surface area contributed by atoms with Gasteiger partial charge < -0.3 is 9.73 Å². The summed E-state index contributed by atoms with van der Waals surface area (Å²) in [5, 5.41) is 11.2. The lowest BCUT2D eigenvalue weighted by Crippen LogP contribution is -2.22. The molecule has 1 amide bonds. The number of carbonyl (C=O) groups is 1. The summed E-state index contributed by atoms with van der Waals surface area (Å²) in [6.07, 6.45) is 1.03. The van der Waals surface area contributed by atoms with Crippen LogP contribution < -0.4 is 5.32 Å². The minimum atomic E-state index is -2.94. The van der Waals surface area contributed by atoms with Crippen molar-refractivity contribution in [1.29, 1.82) is 0 Å². The molecule has 1 saturated heterocycles. The molecule has 0 bridgehead atoms. The second-order valence-electron chi connectivity index (χ2n) is 6.31. The van der Waals surface area contributed by atoms with Crippen LogP contribution in [0.4, 0.5) is 5.69 Å². The first-order valence-electron chi connectivity index (χ1n) is 8.17. The van der Waals surface area contributed by atoms with Gasteiger partial charge in [0.05, 0.1) is 27.5 Å². The molecule has 1 fully saturated rings. The summed E-state index contributed by atoms with van der Waals surface area (Å²) in [4.78, 5) is 12.3. The van der Waals surface area contributed by atoms with Gasteiger partial charge in [0.1, 0.15) is 0 Å². The van der Waals surface area contributed by atoms with Gasteiger partial charge in [0, 0.05) is 11.4 Å². The number of nitrogens with zero attached hydrogens (tertiary/aromatic N) is 2. The maximum atomic E-state index is 12.3. The molecule has 2 atom stereocenters. The highest BCUT2D eigenvalue weighted by Gasteiger charge is 2.29. The number of thioether (sulfide) groups is 1. The average molecular weight is 450 g/mol. The summed E-state index contributed by atoms with van der Waals surface area (Å²) in [7, 11) is -2.94. The number of nitrogens with one attached hydrogen (secondary N) is 1. The molecule has 1 aliphatic heterocycles. The van der Waals surface area contributed by atoms with E-state index in [-0.39, 0.29) is 28.6 Å². The zero-order valence-electron chi connectivity index (χ0n) is 14.3. The number of amides is 1. The van der Waals surface area contributed by atoms with Crippen LogP contribution in [0.2, 0.25) is 10.0 Å². The van der Waals surface area contributed by atoms with Gasteiger partial charge in [-0.15, -0.1) is 10.2 Å². The van der Waals surface area contributed by atoms with Crippen molar-refractivity contribution in [1.82, 2.24) is 10.2 Å². The molecular weight excluding hydrogens is 433 g/mol. The van der Waals surface area contributed by atoms with E-state index in [0.717, 1.165) is 11.8 Å². The van der Waals surface area contributed by atoms with E-state index in [0.29, 0.717) is 34.5 Å².